The number of hydrogen-bond acceptors (Lipinski definition) is 4. The van der Waals surface area contributed by atoms with Gasteiger partial charge in [-0.3, -0.25) is 4.79 Å². The van der Waals surface area contributed by atoms with Gasteiger partial charge in [0.15, 0.2) is 5.78 Å². The topological polar surface area (TPSA) is 70.8 Å². The number of furan rings is 1. The molecule has 21 heavy (non-hydrogen) atoms. The van der Waals surface area contributed by atoms with Crippen molar-refractivity contribution >= 4 is 22.7 Å². The van der Waals surface area contributed by atoms with E-state index < -0.39 is 5.97 Å². The summed E-state index contributed by atoms with van der Waals surface area (Å²) in [5.74, 6) is -1.22. The maximum absolute atomic E-state index is 12.5. The highest BCUT2D eigenvalue weighted by atomic mass is 16.4. The second-order valence-corrected chi connectivity index (χ2v) is 5.40. The zero-order chi connectivity index (χ0) is 15.6. The van der Waals surface area contributed by atoms with Gasteiger partial charge in [0.2, 0.25) is 5.76 Å². The lowest BCUT2D eigenvalue weighted by Gasteiger charge is -2.18. The van der Waals surface area contributed by atoms with E-state index in [1.807, 2.05) is 25.9 Å². The first-order valence-corrected chi connectivity index (χ1v) is 6.88. The second kappa shape index (κ2) is 6.10. The summed E-state index contributed by atoms with van der Waals surface area (Å²) in [7, 11) is 3.88. The molecule has 1 atom stereocenters. The van der Waals surface area contributed by atoms with E-state index in [4.69, 9.17) is 9.52 Å². The van der Waals surface area contributed by atoms with Gasteiger partial charge in [-0.25, -0.2) is 4.79 Å². The summed E-state index contributed by atoms with van der Waals surface area (Å²) in [6.07, 6.45) is 0.765. The molecular formula is C16H19NO4. The number of hydrogen-bond donors (Lipinski definition) is 1. The first kappa shape index (κ1) is 15.3. The standard InChI is InChI=1S/C16H19NO4/c1-4-10(9-17(2)3)15(18)11-5-6-13-12(7-11)8-14(21-13)16(19)20/h5-8,10H,4,9H2,1-3H3,(H,19,20). The fourth-order valence-corrected chi connectivity index (χ4v) is 2.38. The lowest BCUT2D eigenvalue weighted by atomic mass is 9.94. The Morgan fingerprint density at radius 1 is 1.29 bits per heavy atom. The number of ketones is 1. The number of aromatic carboxylic acids is 1. The molecule has 0 saturated heterocycles. The van der Waals surface area contributed by atoms with Gasteiger partial charge in [-0.2, -0.15) is 0 Å². The van der Waals surface area contributed by atoms with Crippen molar-refractivity contribution in [2.75, 3.05) is 20.6 Å². The Balaban J connectivity index is 2.33. The van der Waals surface area contributed by atoms with Crippen molar-refractivity contribution in [1.82, 2.24) is 4.90 Å². The van der Waals surface area contributed by atoms with E-state index >= 15 is 0 Å². The number of rotatable bonds is 6. The quantitative estimate of drug-likeness (QED) is 0.828. The molecule has 0 bridgehead atoms. The molecule has 2 rings (SSSR count). The van der Waals surface area contributed by atoms with Crippen molar-refractivity contribution in [3.8, 4) is 0 Å². The molecule has 1 aromatic carbocycles. The summed E-state index contributed by atoms with van der Waals surface area (Å²) >= 11 is 0. The predicted molar refractivity (Wildman–Crippen MR) is 79.8 cm³/mol. The average Bonchev–Trinajstić information content (AvgIpc) is 2.86. The second-order valence-electron chi connectivity index (χ2n) is 5.40. The summed E-state index contributed by atoms with van der Waals surface area (Å²) in [5.41, 5.74) is 1.07. The highest BCUT2D eigenvalue weighted by Gasteiger charge is 2.20. The molecule has 1 N–H and O–H groups in total. The van der Waals surface area contributed by atoms with Gasteiger partial charge in [0, 0.05) is 23.4 Å². The van der Waals surface area contributed by atoms with Crippen molar-refractivity contribution in [3.63, 3.8) is 0 Å². The molecule has 0 radical (unpaired) electrons. The molecule has 1 aromatic heterocycles. The van der Waals surface area contributed by atoms with E-state index in [0.717, 1.165) is 6.42 Å². The van der Waals surface area contributed by atoms with Crippen molar-refractivity contribution in [2.45, 2.75) is 13.3 Å². The zero-order valence-corrected chi connectivity index (χ0v) is 12.4. The largest absolute Gasteiger partial charge is 0.475 e. The Hall–Kier alpha value is -2.14. The molecule has 0 aliphatic carbocycles. The van der Waals surface area contributed by atoms with Gasteiger partial charge in [0.05, 0.1) is 0 Å². The normalized spacial score (nSPS) is 12.8. The van der Waals surface area contributed by atoms with Gasteiger partial charge in [-0.1, -0.05) is 6.92 Å². The molecule has 0 fully saturated rings. The number of fused-ring (bicyclic) bond motifs is 1. The Labute approximate surface area is 123 Å². The third-order valence-electron chi connectivity index (χ3n) is 3.46. The minimum atomic E-state index is -1.11. The Morgan fingerprint density at radius 3 is 2.57 bits per heavy atom. The Bertz CT molecular complexity index is 672. The molecule has 5 nitrogen and oxygen atoms in total. The molecular weight excluding hydrogens is 270 g/mol. The fourth-order valence-electron chi connectivity index (χ4n) is 2.38. The van der Waals surface area contributed by atoms with Crippen LogP contribution in [0.1, 0.15) is 34.3 Å². The number of carbonyl (C=O) groups is 2. The zero-order valence-electron chi connectivity index (χ0n) is 12.4. The Morgan fingerprint density at radius 2 is 2.00 bits per heavy atom. The number of carbonyl (C=O) groups excluding carboxylic acids is 1. The molecule has 112 valence electrons. The van der Waals surface area contributed by atoms with Crippen LogP contribution in [0.25, 0.3) is 11.0 Å². The van der Waals surface area contributed by atoms with Crippen LogP contribution in [-0.4, -0.2) is 42.4 Å². The number of nitrogens with zero attached hydrogens (tertiary/aromatic N) is 1. The summed E-state index contributed by atoms with van der Waals surface area (Å²) in [6, 6.07) is 6.49. The van der Waals surface area contributed by atoms with E-state index in [0.29, 0.717) is 23.1 Å². The molecule has 0 spiro atoms. The lowest BCUT2D eigenvalue weighted by Crippen LogP contribution is -2.27. The van der Waals surface area contributed by atoms with Crippen molar-refractivity contribution < 1.29 is 19.1 Å². The lowest BCUT2D eigenvalue weighted by molar-refractivity contribution is 0.0664. The third-order valence-corrected chi connectivity index (χ3v) is 3.46. The number of benzene rings is 1. The van der Waals surface area contributed by atoms with Gasteiger partial charge >= 0.3 is 5.97 Å². The first-order chi connectivity index (χ1) is 9.92. The van der Waals surface area contributed by atoms with E-state index in [1.54, 1.807) is 18.2 Å². The predicted octanol–water partition coefficient (Wildman–Crippen LogP) is 2.90. The van der Waals surface area contributed by atoms with Crippen molar-refractivity contribution in [1.29, 1.82) is 0 Å². The fraction of sp³-hybridized carbons (Fsp3) is 0.375. The van der Waals surface area contributed by atoms with Crippen LogP contribution in [0.3, 0.4) is 0 Å². The molecule has 1 heterocycles. The molecule has 0 saturated carbocycles. The Kier molecular flexibility index (Phi) is 4.43. The maximum atomic E-state index is 12.5. The third kappa shape index (κ3) is 3.31. The monoisotopic (exact) mass is 289 g/mol. The highest BCUT2D eigenvalue weighted by molar-refractivity contribution is 6.01. The minimum absolute atomic E-state index is 0.0664. The van der Waals surface area contributed by atoms with Crippen LogP contribution in [0.2, 0.25) is 0 Å². The molecule has 0 aliphatic rings. The van der Waals surface area contributed by atoms with E-state index in [2.05, 4.69) is 0 Å². The van der Waals surface area contributed by atoms with E-state index in [1.165, 1.54) is 6.07 Å². The van der Waals surface area contributed by atoms with E-state index in [-0.39, 0.29) is 17.5 Å². The first-order valence-electron chi connectivity index (χ1n) is 6.88. The summed E-state index contributed by atoms with van der Waals surface area (Å²) in [4.78, 5) is 25.4. The van der Waals surface area contributed by atoms with Crippen LogP contribution in [-0.2, 0) is 0 Å². The number of Topliss-reactive ketones (excluding diaryl/α,β-unsaturated/α-hetero) is 1. The smallest absolute Gasteiger partial charge is 0.371 e. The van der Waals surface area contributed by atoms with Gasteiger partial charge in [-0.05, 0) is 44.8 Å². The van der Waals surface area contributed by atoms with Crippen LogP contribution in [0.15, 0.2) is 28.7 Å². The van der Waals surface area contributed by atoms with Gasteiger partial charge in [-0.15, -0.1) is 0 Å². The summed E-state index contributed by atoms with van der Waals surface area (Å²) < 4.78 is 5.20. The molecule has 1 unspecified atom stereocenters. The summed E-state index contributed by atoms with van der Waals surface area (Å²) in [5, 5.41) is 9.56. The van der Waals surface area contributed by atoms with Crippen LogP contribution in [0.4, 0.5) is 0 Å². The maximum Gasteiger partial charge on any atom is 0.371 e. The molecule has 5 heteroatoms. The van der Waals surface area contributed by atoms with Gasteiger partial charge in [0.1, 0.15) is 5.58 Å². The number of carboxylic acids is 1. The molecule has 0 aliphatic heterocycles. The van der Waals surface area contributed by atoms with Gasteiger partial charge < -0.3 is 14.4 Å². The van der Waals surface area contributed by atoms with Crippen LogP contribution >= 0.6 is 0 Å². The molecule has 2 aromatic rings. The van der Waals surface area contributed by atoms with Crippen molar-refractivity contribution in [2.24, 2.45) is 5.92 Å². The van der Waals surface area contributed by atoms with Crippen LogP contribution in [0, 0.1) is 5.92 Å². The highest BCUT2D eigenvalue weighted by Crippen LogP contribution is 2.23. The van der Waals surface area contributed by atoms with E-state index in [9.17, 15) is 9.59 Å². The minimum Gasteiger partial charge on any atom is -0.475 e. The van der Waals surface area contributed by atoms with Crippen LogP contribution in [0.5, 0.6) is 0 Å². The SMILES string of the molecule is CCC(CN(C)C)C(=O)c1ccc2oc(C(=O)O)cc2c1. The van der Waals surface area contributed by atoms with Gasteiger partial charge in [0.25, 0.3) is 0 Å². The average molecular weight is 289 g/mol. The summed E-state index contributed by atoms with van der Waals surface area (Å²) in [6.45, 7) is 2.68. The number of carboxylic acid groups (broad SMARTS) is 1. The van der Waals surface area contributed by atoms with Crippen molar-refractivity contribution in [3.05, 3.63) is 35.6 Å². The molecule has 0 amide bonds. The van der Waals surface area contributed by atoms with Crippen LogP contribution < -0.4 is 0 Å².